The molecule has 1 aliphatic heterocycles. The van der Waals surface area contributed by atoms with Crippen LogP contribution in [-0.2, 0) is 7.05 Å². The maximum Gasteiger partial charge on any atom is 0.231 e. The molecule has 5 heteroatoms. The highest BCUT2D eigenvalue weighted by Crippen LogP contribution is 2.42. The maximum absolute atomic E-state index is 5.85. The number of hydrogen-bond donors (Lipinski definition) is 1. The zero-order valence-corrected chi connectivity index (χ0v) is 11.0. The van der Waals surface area contributed by atoms with Crippen molar-refractivity contribution in [2.24, 2.45) is 7.05 Å². The monoisotopic (exact) mass is 267 g/mol. The summed E-state index contributed by atoms with van der Waals surface area (Å²) in [5, 5.41) is 5.65. The molecule has 2 aromatic carbocycles. The summed E-state index contributed by atoms with van der Waals surface area (Å²) in [5.41, 5.74) is 9.39. The van der Waals surface area contributed by atoms with Crippen molar-refractivity contribution in [2.75, 3.05) is 12.5 Å². The first-order valence-corrected chi connectivity index (χ1v) is 6.35. The third-order valence-corrected chi connectivity index (χ3v) is 3.53. The average molecular weight is 267 g/mol. The number of anilines is 1. The fraction of sp³-hybridized carbons (Fsp3) is 0.133. The summed E-state index contributed by atoms with van der Waals surface area (Å²) < 4.78 is 12.8. The van der Waals surface area contributed by atoms with Gasteiger partial charge in [-0.05, 0) is 30.3 Å². The molecule has 100 valence electrons. The number of nitrogen functional groups attached to an aromatic ring is 1. The van der Waals surface area contributed by atoms with Gasteiger partial charge in [-0.3, -0.25) is 4.68 Å². The van der Waals surface area contributed by atoms with Gasteiger partial charge in [0, 0.05) is 23.7 Å². The van der Waals surface area contributed by atoms with Gasteiger partial charge in [-0.25, -0.2) is 0 Å². The van der Waals surface area contributed by atoms with Crippen LogP contribution < -0.4 is 15.2 Å². The van der Waals surface area contributed by atoms with Crippen molar-refractivity contribution in [2.45, 2.75) is 0 Å². The summed E-state index contributed by atoms with van der Waals surface area (Å²) in [6, 6.07) is 11.6. The Balaban J connectivity index is 2.02. The van der Waals surface area contributed by atoms with Crippen LogP contribution in [-0.4, -0.2) is 16.6 Å². The van der Waals surface area contributed by atoms with Gasteiger partial charge in [-0.15, -0.1) is 0 Å². The Bertz CT molecular complexity index is 823. The normalized spacial score (nSPS) is 13.1. The molecule has 0 aliphatic carbocycles. The largest absolute Gasteiger partial charge is 0.454 e. The van der Waals surface area contributed by atoms with E-state index in [-0.39, 0.29) is 6.79 Å². The van der Waals surface area contributed by atoms with Crippen LogP contribution in [0.3, 0.4) is 0 Å². The van der Waals surface area contributed by atoms with E-state index in [0.717, 1.165) is 39.3 Å². The Morgan fingerprint density at radius 3 is 3.00 bits per heavy atom. The molecule has 0 amide bonds. The molecule has 0 saturated carbocycles. The molecular weight excluding hydrogens is 254 g/mol. The highest BCUT2D eigenvalue weighted by atomic mass is 16.7. The summed E-state index contributed by atoms with van der Waals surface area (Å²) in [6.07, 6.45) is 0. The molecule has 3 aromatic rings. The van der Waals surface area contributed by atoms with Gasteiger partial charge in [0.05, 0.1) is 5.52 Å². The van der Waals surface area contributed by atoms with Crippen molar-refractivity contribution in [1.29, 1.82) is 0 Å². The standard InChI is InChI=1S/C15H13N3O2/c1-18-12-7-9(16)5-6-10(12)14(17-18)11-3-2-4-13-15(11)20-8-19-13/h2-7H,8,16H2,1H3. The predicted octanol–water partition coefficient (Wildman–Crippen LogP) is 2.55. The van der Waals surface area contributed by atoms with Crippen molar-refractivity contribution < 1.29 is 9.47 Å². The van der Waals surface area contributed by atoms with Crippen LogP contribution in [0.5, 0.6) is 11.5 Å². The zero-order valence-electron chi connectivity index (χ0n) is 11.0. The number of rotatable bonds is 1. The number of benzene rings is 2. The molecule has 0 atom stereocenters. The Kier molecular flexibility index (Phi) is 2.18. The molecule has 2 heterocycles. The minimum Gasteiger partial charge on any atom is -0.454 e. The molecule has 0 saturated heterocycles. The molecule has 4 rings (SSSR count). The Morgan fingerprint density at radius 2 is 2.10 bits per heavy atom. The van der Waals surface area contributed by atoms with Gasteiger partial charge in [0.1, 0.15) is 5.69 Å². The second-order valence-electron chi connectivity index (χ2n) is 4.79. The molecule has 1 aromatic heterocycles. The third kappa shape index (κ3) is 1.46. The van der Waals surface area contributed by atoms with Gasteiger partial charge in [0.25, 0.3) is 0 Å². The minimum atomic E-state index is 0.254. The number of ether oxygens (including phenoxy) is 2. The van der Waals surface area contributed by atoms with Crippen LogP contribution >= 0.6 is 0 Å². The van der Waals surface area contributed by atoms with E-state index in [0.29, 0.717) is 0 Å². The molecule has 20 heavy (non-hydrogen) atoms. The molecule has 0 fully saturated rings. The average Bonchev–Trinajstić information content (AvgIpc) is 3.04. The van der Waals surface area contributed by atoms with E-state index >= 15 is 0 Å². The summed E-state index contributed by atoms with van der Waals surface area (Å²) in [7, 11) is 1.91. The molecule has 0 bridgehead atoms. The van der Waals surface area contributed by atoms with E-state index in [9.17, 15) is 0 Å². The highest BCUT2D eigenvalue weighted by Gasteiger charge is 2.21. The van der Waals surface area contributed by atoms with Crippen molar-refractivity contribution in [3.63, 3.8) is 0 Å². The first kappa shape index (κ1) is 11.2. The van der Waals surface area contributed by atoms with Gasteiger partial charge < -0.3 is 15.2 Å². The smallest absolute Gasteiger partial charge is 0.231 e. The Hall–Kier alpha value is -2.69. The second kappa shape index (κ2) is 3.90. The van der Waals surface area contributed by atoms with E-state index in [2.05, 4.69) is 5.10 Å². The number of aryl methyl sites for hydroxylation is 1. The van der Waals surface area contributed by atoms with E-state index < -0.39 is 0 Å². The zero-order chi connectivity index (χ0) is 13.7. The Labute approximate surface area is 115 Å². The van der Waals surface area contributed by atoms with Crippen LogP contribution in [0.15, 0.2) is 36.4 Å². The summed E-state index contributed by atoms with van der Waals surface area (Å²) in [4.78, 5) is 0. The lowest BCUT2D eigenvalue weighted by Crippen LogP contribution is -1.94. The third-order valence-electron chi connectivity index (χ3n) is 3.53. The molecule has 0 unspecified atom stereocenters. The summed E-state index contributed by atoms with van der Waals surface area (Å²) in [5.74, 6) is 1.51. The van der Waals surface area contributed by atoms with Gasteiger partial charge >= 0.3 is 0 Å². The quantitative estimate of drug-likeness (QED) is 0.688. The van der Waals surface area contributed by atoms with Crippen LogP contribution in [0.4, 0.5) is 5.69 Å². The lowest BCUT2D eigenvalue weighted by Gasteiger charge is -2.03. The van der Waals surface area contributed by atoms with Gasteiger partial charge in [0.2, 0.25) is 6.79 Å². The second-order valence-corrected chi connectivity index (χ2v) is 4.79. The van der Waals surface area contributed by atoms with Crippen molar-refractivity contribution in [3.05, 3.63) is 36.4 Å². The molecular formula is C15H13N3O2. The van der Waals surface area contributed by atoms with Crippen LogP contribution in [0, 0.1) is 0 Å². The predicted molar refractivity (Wildman–Crippen MR) is 76.7 cm³/mol. The molecule has 1 aliphatic rings. The first-order valence-electron chi connectivity index (χ1n) is 6.35. The summed E-state index contributed by atoms with van der Waals surface area (Å²) in [6.45, 7) is 0.254. The van der Waals surface area contributed by atoms with Crippen molar-refractivity contribution in [3.8, 4) is 22.8 Å². The molecule has 0 radical (unpaired) electrons. The van der Waals surface area contributed by atoms with Crippen molar-refractivity contribution in [1.82, 2.24) is 9.78 Å². The first-order chi connectivity index (χ1) is 9.74. The van der Waals surface area contributed by atoms with E-state index in [4.69, 9.17) is 15.2 Å². The van der Waals surface area contributed by atoms with Crippen LogP contribution in [0.1, 0.15) is 0 Å². The van der Waals surface area contributed by atoms with Gasteiger partial charge in [0.15, 0.2) is 11.5 Å². The Morgan fingerprint density at radius 1 is 1.20 bits per heavy atom. The van der Waals surface area contributed by atoms with Gasteiger partial charge in [-0.2, -0.15) is 5.10 Å². The fourth-order valence-electron chi connectivity index (χ4n) is 2.59. The lowest BCUT2D eigenvalue weighted by molar-refractivity contribution is 0.174. The molecule has 0 spiro atoms. The number of hydrogen-bond acceptors (Lipinski definition) is 4. The van der Waals surface area contributed by atoms with Crippen LogP contribution in [0.25, 0.3) is 22.2 Å². The van der Waals surface area contributed by atoms with Crippen molar-refractivity contribution >= 4 is 16.6 Å². The highest BCUT2D eigenvalue weighted by molar-refractivity contribution is 5.96. The minimum absolute atomic E-state index is 0.254. The topological polar surface area (TPSA) is 62.3 Å². The van der Waals surface area contributed by atoms with E-state index in [1.165, 1.54) is 0 Å². The number of para-hydroxylation sites is 1. The number of nitrogens with zero attached hydrogens (tertiary/aromatic N) is 2. The number of nitrogens with two attached hydrogens (primary N) is 1. The molecule has 5 nitrogen and oxygen atoms in total. The molecule has 2 N–H and O–H groups in total. The maximum atomic E-state index is 5.85. The lowest BCUT2D eigenvalue weighted by atomic mass is 10.1. The van der Waals surface area contributed by atoms with Gasteiger partial charge in [-0.1, -0.05) is 6.07 Å². The number of aromatic nitrogens is 2. The fourth-order valence-corrected chi connectivity index (χ4v) is 2.59. The van der Waals surface area contributed by atoms with E-state index in [1.54, 1.807) is 0 Å². The van der Waals surface area contributed by atoms with Crippen LogP contribution in [0.2, 0.25) is 0 Å². The van der Waals surface area contributed by atoms with E-state index in [1.807, 2.05) is 48.1 Å². The number of fused-ring (bicyclic) bond motifs is 2. The SMILES string of the molecule is Cn1nc(-c2cccc3c2OCO3)c2ccc(N)cc21. The summed E-state index contributed by atoms with van der Waals surface area (Å²) >= 11 is 0.